The molecule has 0 saturated carbocycles. The van der Waals surface area contributed by atoms with Crippen molar-refractivity contribution in [1.82, 2.24) is 10.2 Å². The molecule has 2 rings (SSSR count). The number of β-amino-alcohol motifs (C(OH)–C–C–N with tert-alkyl or cyclic N) is 1. The largest absolute Gasteiger partial charge is 0.392 e. The molecule has 2 heterocycles. The molecule has 82 valence electrons. The van der Waals surface area contributed by atoms with Gasteiger partial charge >= 0.3 is 0 Å². The third-order valence-electron chi connectivity index (χ3n) is 3.50. The maximum atomic E-state index is 9.38. The molecular weight excluding hydrogens is 176 g/mol. The lowest BCUT2D eigenvalue weighted by Crippen LogP contribution is -2.32. The average molecular weight is 198 g/mol. The molecule has 2 fully saturated rings. The van der Waals surface area contributed by atoms with Crippen molar-refractivity contribution in [1.29, 1.82) is 0 Å². The van der Waals surface area contributed by atoms with Crippen molar-refractivity contribution in [3.63, 3.8) is 0 Å². The number of hydrogen-bond donors (Lipinski definition) is 2. The van der Waals surface area contributed by atoms with Crippen LogP contribution in [-0.4, -0.2) is 48.8 Å². The first-order valence-electron chi connectivity index (χ1n) is 5.96. The van der Waals surface area contributed by atoms with Crippen molar-refractivity contribution < 1.29 is 5.11 Å². The van der Waals surface area contributed by atoms with Gasteiger partial charge in [-0.05, 0) is 51.2 Å². The lowest BCUT2D eigenvalue weighted by atomic mass is 9.96. The van der Waals surface area contributed by atoms with Gasteiger partial charge in [0.1, 0.15) is 0 Å². The van der Waals surface area contributed by atoms with E-state index in [-0.39, 0.29) is 6.10 Å². The number of aliphatic hydroxyl groups is 1. The van der Waals surface area contributed by atoms with Crippen molar-refractivity contribution in [3.8, 4) is 0 Å². The second-order valence-corrected chi connectivity index (χ2v) is 4.74. The fraction of sp³-hybridized carbons (Fsp3) is 1.00. The second kappa shape index (κ2) is 5.10. The fourth-order valence-corrected chi connectivity index (χ4v) is 2.55. The van der Waals surface area contributed by atoms with Crippen molar-refractivity contribution in [3.05, 3.63) is 0 Å². The van der Waals surface area contributed by atoms with E-state index in [0.29, 0.717) is 0 Å². The van der Waals surface area contributed by atoms with E-state index in [1.165, 1.54) is 38.9 Å². The highest BCUT2D eigenvalue weighted by Gasteiger charge is 2.21. The van der Waals surface area contributed by atoms with Crippen LogP contribution in [0.3, 0.4) is 0 Å². The number of hydrogen-bond acceptors (Lipinski definition) is 3. The van der Waals surface area contributed by atoms with E-state index in [2.05, 4.69) is 10.2 Å². The maximum absolute atomic E-state index is 9.38. The normalized spacial score (nSPS) is 34.9. The Morgan fingerprint density at radius 2 is 2.29 bits per heavy atom. The summed E-state index contributed by atoms with van der Waals surface area (Å²) < 4.78 is 0. The van der Waals surface area contributed by atoms with Crippen LogP contribution in [0, 0.1) is 5.92 Å². The number of nitrogens with zero attached hydrogens (tertiary/aromatic N) is 1. The van der Waals surface area contributed by atoms with Gasteiger partial charge in [0.05, 0.1) is 6.10 Å². The van der Waals surface area contributed by atoms with Crippen LogP contribution < -0.4 is 5.32 Å². The molecule has 0 aromatic heterocycles. The SMILES string of the molecule is O[C@@H]1CCN(CC[C@@H]2CCCNC2)C1. The Bertz CT molecular complexity index is 164. The van der Waals surface area contributed by atoms with E-state index >= 15 is 0 Å². The van der Waals surface area contributed by atoms with Gasteiger partial charge in [-0.25, -0.2) is 0 Å². The van der Waals surface area contributed by atoms with Gasteiger partial charge in [0.2, 0.25) is 0 Å². The van der Waals surface area contributed by atoms with Gasteiger partial charge in [-0.3, -0.25) is 0 Å². The molecule has 0 radical (unpaired) electrons. The molecule has 0 amide bonds. The van der Waals surface area contributed by atoms with E-state index in [0.717, 1.165) is 25.4 Å². The van der Waals surface area contributed by atoms with Crippen LogP contribution in [0.5, 0.6) is 0 Å². The predicted octanol–water partition coefficient (Wildman–Crippen LogP) is 0.443. The first-order chi connectivity index (χ1) is 6.84. The monoisotopic (exact) mass is 198 g/mol. The Morgan fingerprint density at radius 3 is 2.93 bits per heavy atom. The zero-order valence-corrected chi connectivity index (χ0v) is 8.91. The molecule has 0 spiro atoms. The van der Waals surface area contributed by atoms with Crippen LogP contribution in [0.4, 0.5) is 0 Å². The minimum atomic E-state index is -0.0560. The minimum Gasteiger partial charge on any atom is -0.392 e. The Labute approximate surface area is 86.5 Å². The first-order valence-corrected chi connectivity index (χ1v) is 5.96. The third kappa shape index (κ3) is 2.94. The molecule has 3 heteroatoms. The predicted molar refractivity (Wildman–Crippen MR) is 57.3 cm³/mol. The van der Waals surface area contributed by atoms with Crippen LogP contribution in [0.1, 0.15) is 25.7 Å². The van der Waals surface area contributed by atoms with E-state index in [1.807, 2.05) is 0 Å². The summed E-state index contributed by atoms with van der Waals surface area (Å²) in [6.07, 6.45) is 4.96. The highest BCUT2D eigenvalue weighted by molar-refractivity contribution is 4.76. The summed E-state index contributed by atoms with van der Waals surface area (Å²) >= 11 is 0. The van der Waals surface area contributed by atoms with Crippen LogP contribution in [0.2, 0.25) is 0 Å². The zero-order chi connectivity index (χ0) is 9.80. The molecule has 0 aromatic rings. The summed E-state index contributed by atoms with van der Waals surface area (Å²) in [6.45, 7) is 5.60. The molecule has 2 N–H and O–H groups in total. The van der Waals surface area contributed by atoms with Crippen LogP contribution in [0.15, 0.2) is 0 Å². The Hall–Kier alpha value is -0.120. The summed E-state index contributed by atoms with van der Waals surface area (Å²) in [5, 5.41) is 12.8. The summed E-state index contributed by atoms with van der Waals surface area (Å²) in [4.78, 5) is 2.40. The first kappa shape index (κ1) is 10.4. The van der Waals surface area contributed by atoms with Gasteiger partial charge in [-0.2, -0.15) is 0 Å². The lowest BCUT2D eigenvalue weighted by Gasteiger charge is -2.25. The number of likely N-dealkylation sites (tertiary alicyclic amines) is 1. The maximum Gasteiger partial charge on any atom is 0.0679 e. The van der Waals surface area contributed by atoms with Crippen molar-refractivity contribution in [2.24, 2.45) is 5.92 Å². The van der Waals surface area contributed by atoms with Gasteiger partial charge in [0, 0.05) is 13.1 Å². The molecule has 0 aliphatic carbocycles. The van der Waals surface area contributed by atoms with Crippen LogP contribution in [0.25, 0.3) is 0 Å². The molecule has 2 saturated heterocycles. The Balaban J connectivity index is 1.61. The molecule has 2 aliphatic rings. The Morgan fingerprint density at radius 1 is 1.36 bits per heavy atom. The van der Waals surface area contributed by atoms with E-state index in [1.54, 1.807) is 0 Å². The molecule has 0 bridgehead atoms. The summed E-state index contributed by atoms with van der Waals surface area (Å²) in [5.74, 6) is 0.876. The van der Waals surface area contributed by atoms with Gasteiger partial charge < -0.3 is 15.3 Å². The molecular formula is C11H22N2O. The van der Waals surface area contributed by atoms with Crippen LogP contribution in [-0.2, 0) is 0 Å². The van der Waals surface area contributed by atoms with E-state index in [9.17, 15) is 5.11 Å². The summed E-state index contributed by atoms with van der Waals surface area (Å²) in [7, 11) is 0. The third-order valence-corrected chi connectivity index (χ3v) is 3.50. The van der Waals surface area contributed by atoms with Crippen molar-refractivity contribution >= 4 is 0 Å². The van der Waals surface area contributed by atoms with E-state index < -0.39 is 0 Å². The highest BCUT2D eigenvalue weighted by Crippen LogP contribution is 2.16. The number of nitrogens with one attached hydrogen (secondary N) is 1. The molecule has 2 aliphatic heterocycles. The number of aliphatic hydroxyl groups excluding tert-OH is 1. The topological polar surface area (TPSA) is 35.5 Å². The van der Waals surface area contributed by atoms with Gasteiger partial charge in [0.25, 0.3) is 0 Å². The van der Waals surface area contributed by atoms with Crippen molar-refractivity contribution in [2.75, 3.05) is 32.7 Å². The molecule has 14 heavy (non-hydrogen) atoms. The standard InChI is InChI=1S/C11H22N2O/c14-11-4-7-13(9-11)6-3-10-2-1-5-12-8-10/h10-12,14H,1-9H2/t10-,11+/m0/s1. The smallest absolute Gasteiger partial charge is 0.0679 e. The van der Waals surface area contributed by atoms with Gasteiger partial charge in [0.15, 0.2) is 0 Å². The molecule has 2 atom stereocenters. The zero-order valence-electron chi connectivity index (χ0n) is 8.91. The van der Waals surface area contributed by atoms with Gasteiger partial charge in [-0.15, -0.1) is 0 Å². The summed E-state index contributed by atoms with van der Waals surface area (Å²) in [5.41, 5.74) is 0. The molecule has 3 nitrogen and oxygen atoms in total. The number of piperidine rings is 1. The van der Waals surface area contributed by atoms with Crippen molar-refractivity contribution in [2.45, 2.75) is 31.8 Å². The lowest BCUT2D eigenvalue weighted by molar-refractivity contribution is 0.172. The minimum absolute atomic E-state index is 0.0560. The number of rotatable bonds is 3. The average Bonchev–Trinajstić information content (AvgIpc) is 2.63. The molecule has 0 aromatic carbocycles. The van der Waals surface area contributed by atoms with Crippen LogP contribution >= 0.6 is 0 Å². The highest BCUT2D eigenvalue weighted by atomic mass is 16.3. The van der Waals surface area contributed by atoms with Gasteiger partial charge in [-0.1, -0.05) is 0 Å². The summed E-state index contributed by atoms with van der Waals surface area (Å²) in [6, 6.07) is 0. The second-order valence-electron chi connectivity index (χ2n) is 4.74. The van der Waals surface area contributed by atoms with E-state index in [4.69, 9.17) is 0 Å². The Kier molecular flexibility index (Phi) is 3.79. The molecule has 0 unspecified atom stereocenters. The quantitative estimate of drug-likeness (QED) is 0.691. The fourth-order valence-electron chi connectivity index (χ4n) is 2.55.